The van der Waals surface area contributed by atoms with Crippen molar-refractivity contribution in [3.8, 4) is 0 Å². The molecule has 0 unspecified atom stereocenters. The van der Waals surface area contributed by atoms with Crippen LogP contribution in [0.25, 0.3) is 0 Å². The molecule has 1 aliphatic rings. The highest BCUT2D eigenvalue weighted by molar-refractivity contribution is 7.92. The van der Waals surface area contributed by atoms with E-state index >= 15 is 0 Å². The van der Waals surface area contributed by atoms with Crippen molar-refractivity contribution in [2.75, 3.05) is 34.2 Å². The number of hydrogen-bond acceptors (Lipinski definition) is 7. The van der Waals surface area contributed by atoms with E-state index in [9.17, 15) is 8.42 Å². The second-order valence-corrected chi connectivity index (χ2v) is 9.23. The number of nitrogens with zero attached hydrogens (tertiary/aromatic N) is 5. The molecule has 2 aromatic heterocycles. The van der Waals surface area contributed by atoms with Crippen molar-refractivity contribution in [3.05, 3.63) is 67.1 Å². The van der Waals surface area contributed by atoms with E-state index in [1.165, 1.54) is 10.5 Å². The molecule has 1 N–H and O–H groups in total. The Balaban J connectivity index is 1.45. The number of pyridine rings is 1. The summed E-state index contributed by atoms with van der Waals surface area (Å²) in [5, 5.41) is 3.42. The first-order chi connectivity index (χ1) is 15.1. The third kappa shape index (κ3) is 4.77. The van der Waals surface area contributed by atoms with Crippen molar-refractivity contribution < 1.29 is 8.42 Å². The maximum absolute atomic E-state index is 13.1. The van der Waals surface area contributed by atoms with E-state index < -0.39 is 10.0 Å². The van der Waals surface area contributed by atoms with Gasteiger partial charge in [-0.1, -0.05) is 18.2 Å². The van der Waals surface area contributed by atoms with Gasteiger partial charge in [-0.3, -0.25) is 4.31 Å². The molecule has 1 aromatic carbocycles. The summed E-state index contributed by atoms with van der Waals surface area (Å²) in [4.78, 5) is 15.4. The molecular formula is C22H26N6O2S. The minimum atomic E-state index is -3.68. The van der Waals surface area contributed by atoms with E-state index in [-0.39, 0.29) is 10.9 Å². The number of anilines is 3. The zero-order chi connectivity index (χ0) is 21.7. The van der Waals surface area contributed by atoms with Crippen LogP contribution in [0.2, 0.25) is 0 Å². The van der Waals surface area contributed by atoms with Crippen molar-refractivity contribution in [2.24, 2.45) is 0 Å². The molecular weight excluding hydrogens is 412 g/mol. The van der Waals surface area contributed by atoms with E-state index in [4.69, 9.17) is 0 Å². The van der Waals surface area contributed by atoms with Gasteiger partial charge < -0.3 is 10.2 Å². The van der Waals surface area contributed by atoms with E-state index in [2.05, 4.69) is 25.2 Å². The van der Waals surface area contributed by atoms with Crippen LogP contribution in [0.4, 0.5) is 17.5 Å². The predicted octanol–water partition coefficient (Wildman–Crippen LogP) is 3.17. The van der Waals surface area contributed by atoms with Gasteiger partial charge in [-0.05, 0) is 50.1 Å². The average Bonchev–Trinajstić information content (AvgIpc) is 2.81. The third-order valence-corrected chi connectivity index (χ3v) is 7.15. The highest BCUT2D eigenvalue weighted by atomic mass is 32.2. The van der Waals surface area contributed by atoms with Crippen LogP contribution in [0.5, 0.6) is 0 Å². The summed E-state index contributed by atoms with van der Waals surface area (Å²) in [7, 11) is -3.68. The first-order valence-corrected chi connectivity index (χ1v) is 11.8. The molecule has 0 spiro atoms. The largest absolute Gasteiger partial charge is 0.366 e. The Hall–Kier alpha value is -3.20. The summed E-state index contributed by atoms with van der Waals surface area (Å²) in [5.41, 5.74) is 0.637. The van der Waals surface area contributed by atoms with Crippen molar-refractivity contribution in [2.45, 2.75) is 30.7 Å². The van der Waals surface area contributed by atoms with Crippen molar-refractivity contribution in [1.82, 2.24) is 15.0 Å². The molecule has 0 radical (unpaired) electrons. The highest BCUT2D eigenvalue weighted by Gasteiger charge is 2.25. The van der Waals surface area contributed by atoms with Gasteiger partial charge in [0.1, 0.15) is 10.7 Å². The summed E-state index contributed by atoms with van der Waals surface area (Å²) in [6.07, 6.45) is 6.93. The third-order valence-electron chi connectivity index (χ3n) is 5.26. The molecule has 31 heavy (non-hydrogen) atoms. The van der Waals surface area contributed by atoms with Crippen molar-refractivity contribution >= 4 is 27.5 Å². The van der Waals surface area contributed by atoms with Gasteiger partial charge in [-0.2, -0.15) is 0 Å². The molecule has 0 aliphatic carbocycles. The zero-order valence-corrected chi connectivity index (χ0v) is 18.2. The number of para-hydroxylation sites is 1. The smallest absolute Gasteiger partial charge is 0.265 e. The Morgan fingerprint density at radius 3 is 2.52 bits per heavy atom. The lowest BCUT2D eigenvalue weighted by Gasteiger charge is -2.33. The van der Waals surface area contributed by atoms with E-state index in [1.807, 2.05) is 25.1 Å². The van der Waals surface area contributed by atoms with Crippen LogP contribution >= 0.6 is 0 Å². The summed E-state index contributed by atoms with van der Waals surface area (Å²) >= 11 is 0. The van der Waals surface area contributed by atoms with Crippen LogP contribution in [-0.2, 0) is 10.0 Å². The van der Waals surface area contributed by atoms with E-state index in [0.29, 0.717) is 18.1 Å². The SMILES string of the molecule is CCN(c1ccccc1)S(=O)(=O)c1ccc(N[C@@H]2CCCN(c3ncccn3)C2)nc1. The summed E-state index contributed by atoms with van der Waals surface area (Å²) in [5.74, 6) is 1.38. The lowest BCUT2D eigenvalue weighted by atomic mass is 10.1. The molecule has 9 heteroatoms. The Bertz CT molecular complexity index is 1080. The van der Waals surface area contributed by atoms with Gasteiger partial charge in [-0.15, -0.1) is 0 Å². The minimum absolute atomic E-state index is 0.173. The van der Waals surface area contributed by atoms with Crippen LogP contribution in [0.15, 0.2) is 72.0 Å². The summed E-state index contributed by atoms with van der Waals surface area (Å²) in [6, 6.07) is 14.4. The number of rotatable bonds is 7. The minimum Gasteiger partial charge on any atom is -0.366 e. The molecule has 0 saturated carbocycles. The fraction of sp³-hybridized carbons (Fsp3) is 0.318. The van der Waals surface area contributed by atoms with Gasteiger partial charge in [0.2, 0.25) is 5.95 Å². The van der Waals surface area contributed by atoms with Crippen molar-refractivity contribution in [1.29, 1.82) is 0 Å². The molecule has 1 aliphatic heterocycles. The molecule has 4 rings (SSSR count). The highest BCUT2D eigenvalue weighted by Crippen LogP contribution is 2.24. The second-order valence-electron chi connectivity index (χ2n) is 7.36. The van der Waals surface area contributed by atoms with Gasteiger partial charge in [0.15, 0.2) is 0 Å². The van der Waals surface area contributed by atoms with Gasteiger partial charge in [0.25, 0.3) is 10.0 Å². The van der Waals surface area contributed by atoms with Crippen molar-refractivity contribution in [3.63, 3.8) is 0 Å². The molecule has 0 amide bonds. The average molecular weight is 439 g/mol. The molecule has 0 bridgehead atoms. The summed E-state index contributed by atoms with van der Waals surface area (Å²) < 4.78 is 27.6. The zero-order valence-electron chi connectivity index (χ0n) is 17.4. The topological polar surface area (TPSA) is 91.3 Å². The van der Waals surface area contributed by atoms with Crippen LogP contribution in [0.1, 0.15) is 19.8 Å². The van der Waals surface area contributed by atoms with Crippen LogP contribution in [0.3, 0.4) is 0 Å². The maximum atomic E-state index is 13.1. The van der Waals surface area contributed by atoms with Crippen LogP contribution < -0.4 is 14.5 Å². The Kier molecular flexibility index (Phi) is 6.31. The van der Waals surface area contributed by atoms with Gasteiger partial charge in [0, 0.05) is 44.3 Å². The molecule has 3 aromatic rings. The molecule has 8 nitrogen and oxygen atoms in total. The maximum Gasteiger partial charge on any atom is 0.265 e. The Labute approximate surface area is 183 Å². The first-order valence-electron chi connectivity index (χ1n) is 10.4. The number of piperidine rings is 1. The van der Waals surface area contributed by atoms with Gasteiger partial charge >= 0.3 is 0 Å². The van der Waals surface area contributed by atoms with Crippen LogP contribution in [0, 0.1) is 0 Å². The van der Waals surface area contributed by atoms with E-state index in [0.717, 1.165) is 31.9 Å². The number of nitrogens with one attached hydrogen (secondary N) is 1. The first kappa shape index (κ1) is 21.0. The second kappa shape index (κ2) is 9.30. The molecule has 1 saturated heterocycles. The lowest BCUT2D eigenvalue weighted by molar-refractivity contribution is 0.521. The monoisotopic (exact) mass is 438 g/mol. The normalized spacial score (nSPS) is 16.7. The lowest BCUT2D eigenvalue weighted by Crippen LogP contribution is -2.43. The fourth-order valence-electron chi connectivity index (χ4n) is 3.77. The molecule has 3 heterocycles. The molecule has 162 valence electrons. The van der Waals surface area contributed by atoms with E-state index in [1.54, 1.807) is 42.7 Å². The molecule has 1 fully saturated rings. The predicted molar refractivity (Wildman–Crippen MR) is 122 cm³/mol. The number of sulfonamides is 1. The standard InChI is InChI=1S/C22H26N6O2S/c1-2-28(19-9-4-3-5-10-19)31(29,30)20-11-12-21(25-16-20)26-18-8-6-15-27(17-18)22-23-13-7-14-24-22/h3-5,7,9-14,16,18H,2,6,8,15,17H2,1H3,(H,25,26)/t18-/m1/s1. The Morgan fingerprint density at radius 2 is 1.84 bits per heavy atom. The summed E-state index contributed by atoms with van der Waals surface area (Å²) in [6.45, 7) is 3.84. The number of hydrogen-bond donors (Lipinski definition) is 1. The quantitative estimate of drug-likeness (QED) is 0.606. The molecule has 1 atom stereocenters. The Morgan fingerprint density at radius 1 is 1.06 bits per heavy atom. The number of benzene rings is 1. The van der Waals surface area contributed by atoms with Gasteiger partial charge in [0.05, 0.1) is 5.69 Å². The fourth-order valence-corrected chi connectivity index (χ4v) is 5.19. The van der Waals surface area contributed by atoms with Crippen LogP contribution in [-0.4, -0.2) is 49.0 Å². The number of aromatic nitrogens is 3. The van der Waals surface area contributed by atoms with Gasteiger partial charge in [-0.25, -0.2) is 23.4 Å².